The Morgan fingerprint density at radius 3 is 1.92 bits per heavy atom. The van der Waals surface area contributed by atoms with Crippen molar-refractivity contribution < 1.29 is 4.79 Å². The number of benzene rings is 4. The number of nitrogens with zero attached hydrogens (tertiary/aromatic N) is 1. The molecular formula is C44H61N3O. The number of hydrogen-bond acceptors (Lipinski definition) is 3. The monoisotopic (exact) mass is 647 g/mol. The van der Waals surface area contributed by atoms with Crippen molar-refractivity contribution in [2.75, 3.05) is 29.9 Å². The summed E-state index contributed by atoms with van der Waals surface area (Å²) in [5, 5.41) is 8.73. The lowest BCUT2D eigenvalue weighted by Gasteiger charge is -2.25. The Kier molecular flexibility index (Phi) is 18.5. The maximum Gasteiger partial charge on any atom is 0.251 e. The first-order valence-electron chi connectivity index (χ1n) is 17.9. The molecule has 0 spiro atoms. The number of aryl methyl sites for hydroxylation is 2. The van der Waals surface area contributed by atoms with Crippen molar-refractivity contribution in [2.45, 2.75) is 93.4 Å². The first kappa shape index (κ1) is 39.9. The predicted molar refractivity (Wildman–Crippen MR) is 213 cm³/mol. The normalized spacial score (nSPS) is 10.2. The van der Waals surface area contributed by atoms with Crippen molar-refractivity contribution in [1.29, 1.82) is 0 Å². The van der Waals surface area contributed by atoms with Gasteiger partial charge in [0, 0.05) is 42.3 Å². The standard InChI is InChI=1S/C24H26N2O.C13H21N.C7H14/c1-4-5-14-25-24(27)22-11-10-17(2)23(16-22)26-18(3)20-13-12-19-8-6-7-9-21(19)15-20;1-4-10-14(11-5-2)13-9-7-6-8-12(13)3;1-4-5-6-7(2)3/h6-13,15-16,26H,3-5,14H2,1-2H3,(H,25,27);6-9H,4-5,10-11H2,1-3H3;2,4-6H2,1,3H3. The zero-order valence-corrected chi connectivity index (χ0v) is 30.9. The van der Waals surface area contributed by atoms with Gasteiger partial charge in [-0.15, -0.1) is 6.58 Å². The minimum absolute atomic E-state index is 0.0391. The summed E-state index contributed by atoms with van der Waals surface area (Å²) in [6.45, 7) is 26.1. The second-order valence-electron chi connectivity index (χ2n) is 12.6. The highest BCUT2D eigenvalue weighted by atomic mass is 16.1. The van der Waals surface area contributed by atoms with Crippen LogP contribution in [0.5, 0.6) is 0 Å². The summed E-state index contributed by atoms with van der Waals surface area (Å²) in [7, 11) is 0. The van der Waals surface area contributed by atoms with E-state index in [1.54, 1.807) is 0 Å². The minimum Gasteiger partial charge on any atom is -0.371 e. The highest BCUT2D eigenvalue weighted by Gasteiger charge is 2.10. The van der Waals surface area contributed by atoms with E-state index in [9.17, 15) is 4.79 Å². The number of rotatable bonds is 15. The van der Waals surface area contributed by atoms with Crippen molar-refractivity contribution in [1.82, 2.24) is 5.32 Å². The topological polar surface area (TPSA) is 44.4 Å². The van der Waals surface area contributed by atoms with Gasteiger partial charge in [-0.3, -0.25) is 4.79 Å². The summed E-state index contributed by atoms with van der Waals surface area (Å²) in [4.78, 5) is 14.8. The number of fused-ring (bicyclic) bond motifs is 1. The summed E-state index contributed by atoms with van der Waals surface area (Å²) in [5.74, 6) is -0.0391. The average Bonchev–Trinajstić information content (AvgIpc) is 3.09. The van der Waals surface area contributed by atoms with Crippen molar-refractivity contribution in [2.24, 2.45) is 0 Å². The third kappa shape index (κ3) is 13.8. The molecule has 4 rings (SSSR count). The molecular weight excluding hydrogens is 587 g/mol. The molecule has 0 aliphatic carbocycles. The van der Waals surface area contributed by atoms with Crippen LogP contribution in [-0.4, -0.2) is 25.5 Å². The first-order chi connectivity index (χ1) is 23.1. The van der Waals surface area contributed by atoms with Gasteiger partial charge in [0.1, 0.15) is 0 Å². The highest BCUT2D eigenvalue weighted by molar-refractivity contribution is 5.96. The van der Waals surface area contributed by atoms with E-state index in [2.05, 4.69) is 125 Å². The van der Waals surface area contributed by atoms with Crippen LogP contribution in [0.2, 0.25) is 0 Å². The van der Waals surface area contributed by atoms with Gasteiger partial charge in [-0.25, -0.2) is 0 Å². The van der Waals surface area contributed by atoms with Crippen LogP contribution < -0.4 is 15.5 Å². The Hall–Kier alpha value is -4.31. The molecule has 0 radical (unpaired) electrons. The molecule has 0 heterocycles. The fourth-order valence-electron chi connectivity index (χ4n) is 5.28. The maximum absolute atomic E-state index is 12.3. The third-order valence-electron chi connectivity index (χ3n) is 8.10. The van der Waals surface area contributed by atoms with Crippen LogP contribution in [0.15, 0.2) is 104 Å². The van der Waals surface area contributed by atoms with E-state index in [1.807, 2.05) is 37.3 Å². The Bertz CT molecular complexity index is 1560. The molecule has 1 amide bonds. The smallest absolute Gasteiger partial charge is 0.251 e. The van der Waals surface area contributed by atoms with Gasteiger partial charge < -0.3 is 15.5 Å². The van der Waals surface area contributed by atoms with Crippen LogP contribution in [0.1, 0.15) is 107 Å². The van der Waals surface area contributed by atoms with E-state index in [0.29, 0.717) is 12.1 Å². The number of allylic oxidation sites excluding steroid dienone is 1. The highest BCUT2D eigenvalue weighted by Crippen LogP contribution is 2.25. The molecule has 48 heavy (non-hydrogen) atoms. The number of anilines is 2. The van der Waals surface area contributed by atoms with Crippen molar-refractivity contribution in [3.63, 3.8) is 0 Å². The number of hydrogen-bond donors (Lipinski definition) is 2. The number of carbonyl (C=O) groups is 1. The average molecular weight is 648 g/mol. The molecule has 258 valence electrons. The van der Waals surface area contributed by atoms with Crippen LogP contribution in [0.4, 0.5) is 11.4 Å². The lowest BCUT2D eigenvalue weighted by molar-refractivity contribution is 0.0953. The van der Waals surface area contributed by atoms with Crippen LogP contribution in [0.3, 0.4) is 0 Å². The largest absolute Gasteiger partial charge is 0.371 e. The molecule has 2 N–H and O–H groups in total. The fraction of sp³-hybridized carbons (Fsp3) is 0.386. The van der Waals surface area contributed by atoms with Gasteiger partial charge in [0.2, 0.25) is 0 Å². The number of para-hydroxylation sites is 1. The maximum atomic E-state index is 12.3. The van der Waals surface area contributed by atoms with Crippen molar-refractivity contribution in [3.05, 3.63) is 126 Å². The second-order valence-corrected chi connectivity index (χ2v) is 12.6. The Balaban J connectivity index is 0.000000317. The van der Waals surface area contributed by atoms with Crippen molar-refractivity contribution in [3.8, 4) is 0 Å². The number of unbranched alkanes of at least 4 members (excludes halogenated alkanes) is 2. The summed E-state index contributed by atoms with van der Waals surface area (Å²) in [6, 6.07) is 28.9. The molecule has 4 heteroatoms. The fourth-order valence-corrected chi connectivity index (χ4v) is 5.28. The SMILES string of the molecule is C=C(C)CCCC.C=C(Nc1cc(C(=O)NCCCC)ccc1C)c1ccc2ccccc2c1.CCCN(CCC)c1ccccc1C. The predicted octanol–water partition coefficient (Wildman–Crippen LogP) is 12.1. The molecule has 4 aromatic carbocycles. The number of amides is 1. The molecule has 0 unspecified atom stereocenters. The molecule has 0 aliphatic rings. The number of nitrogens with one attached hydrogen (secondary N) is 2. The lowest BCUT2D eigenvalue weighted by Crippen LogP contribution is -2.25. The van der Waals surface area contributed by atoms with Gasteiger partial charge in [-0.05, 0) is 105 Å². The molecule has 0 aliphatic heterocycles. The summed E-state index contributed by atoms with van der Waals surface area (Å²) < 4.78 is 0. The third-order valence-corrected chi connectivity index (χ3v) is 8.10. The summed E-state index contributed by atoms with van der Waals surface area (Å²) in [6.07, 6.45) is 8.27. The Labute approximate surface area is 292 Å². The van der Waals surface area contributed by atoms with E-state index >= 15 is 0 Å². The molecule has 4 aromatic rings. The van der Waals surface area contributed by atoms with E-state index in [1.165, 1.54) is 72.8 Å². The molecule has 0 atom stereocenters. The molecule has 0 saturated carbocycles. The molecule has 4 nitrogen and oxygen atoms in total. The van der Waals surface area contributed by atoms with Gasteiger partial charge in [0.15, 0.2) is 0 Å². The van der Waals surface area contributed by atoms with E-state index in [4.69, 9.17) is 0 Å². The minimum atomic E-state index is -0.0391. The zero-order chi connectivity index (χ0) is 35.3. The Morgan fingerprint density at radius 2 is 1.31 bits per heavy atom. The molecule has 0 aromatic heterocycles. The lowest BCUT2D eigenvalue weighted by atomic mass is 10.0. The van der Waals surface area contributed by atoms with E-state index in [0.717, 1.165) is 35.4 Å². The van der Waals surface area contributed by atoms with Crippen LogP contribution in [0.25, 0.3) is 16.5 Å². The van der Waals surface area contributed by atoms with Gasteiger partial charge >= 0.3 is 0 Å². The van der Waals surface area contributed by atoms with Gasteiger partial charge in [0.25, 0.3) is 5.91 Å². The van der Waals surface area contributed by atoms with Crippen LogP contribution >= 0.6 is 0 Å². The number of carbonyl (C=O) groups excluding carboxylic acids is 1. The van der Waals surface area contributed by atoms with Gasteiger partial charge in [-0.1, -0.05) is 113 Å². The van der Waals surface area contributed by atoms with E-state index in [-0.39, 0.29) is 5.91 Å². The van der Waals surface area contributed by atoms with Crippen LogP contribution in [-0.2, 0) is 0 Å². The second kappa shape index (κ2) is 22.3. The zero-order valence-electron chi connectivity index (χ0n) is 30.9. The van der Waals surface area contributed by atoms with Crippen LogP contribution in [0, 0.1) is 13.8 Å². The van der Waals surface area contributed by atoms with Crippen molar-refractivity contribution >= 4 is 33.8 Å². The van der Waals surface area contributed by atoms with Gasteiger partial charge in [-0.2, -0.15) is 0 Å². The van der Waals surface area contributed by atoms with E-state index < -0.39 is 0 Å². The van der Waals surface area contributed by atoms with Gasteiger partial charge in [0.05, 0.1) is 0 Å². The Morgan fingerprint density at radius 1 is 0.688 bits per heavy atom. The summed E-state index contributed by atoms with van der Waals surface area (Å²) in [5.41, 5.74) is 8.56. The molecule has 0 fully saturated rings. The summed E-state index contributed by atoms with van der Waals surface area (Å²) >= 11 is 0. The molecule has 0 saturated heterocycles. The first-order valence-corrected chi connectivity index (χ1v) is 17.9. The quantitative estimate of drug-likeness (QED) is 0.0997. The molecule has 0 bridgehead atoms.